The number of anilines is 2. The number of nitrogens with two attached hydrogens (primary N) is 1. The van der Waals surface area contributed by atoms with Gasteiger partial charge in [0.25, 0.3) is 11.5 Å². The maximum atomic E-state index is 14.2. The van der Waals surface area contributed by atoms with Crippen LogP contribution in [-0.4, -0.2) is 15.9 Å². The first-order chi connectivity index (χ1) is 12.4. The number of halogens is 2. The summed E-state index contributed by atoms with van der Waals surface area (Å²) in [6.07, 6.45) is 2.69. The number of pyridine rings is 2. The van der Waals surface area contributed by atoms with Crippen LogP contribution in [0.3, 0.4) is 0 Å². The van der Waals surface area contributed by atoms with Crippen LogP contribution in [0.15, 0.2) is 53.6 Å². The van der Waals surface area contributed by atoms with Crippen molar-refractivity contribution in [2.24, 2.45) is 0 Å². The summed E-state index contributed by atoms with van der Waals surface area (Å²) < 4.78 is 19.6. The number of aromatic amines is 1. The molecule has 3 aromatic rings. The molecule has 0 aliphatic carbocycles. The molecular weight excluding hydrogens is 363 g/mol. The second kappa shape index (κ2) is 7.24. The highest BCUT2D eigenvalue weighted by atomic mass is 35.5. The van der Waals surface area contributed by atoms with Gasteiger partial charge in [-0.25, -0.2) is 9.37 Å². The van der Waals surface area contributed by atoms with Crippen molar-refractivity contribution in [1.82, 2.24) is 9.97 Å². The number of hydrogen-bond donors (Lipinski definition) is 3. The molecule has 7 nitrogen and oxygen atoms in total. The molecule has 2 aromatic heterocycles. The third-order valence-corrected chi connectivity index (χ3v) is 3.50. The van der Waals surface area contributed by atoms with E-state index in [1.54, 1.807) is 0 Å². The summed E-state index contributed by atoms with van der Waals surface area (Å²) in [4.78, 5) is 30.0. The van der Waals surface area contributed by atoms with E-state index < -0.39 is 17.3 Å². The van der Waals surface area contributed by atoms with Crippen molar-refractivity contribution in [3.8, 4) is 11.5 Å². The molecule has 0 unspecified atom stereocenters. The van der Waals surface area contributed by atoms with E-state index in [0.717, 1.165) is 6.07 Å². The Labute approximate surface area is 151 Å². The van der Waals surface area contributed by atoms with Gasteiger partial charge in [-0.2, -0.15) is 0 Å². The lowest BCUT2D eigenvalue weighted by Crippen LogP contribution is -2.22. The van der Waals surface area contributed by atoms with Crippen LogP contribution in [0.5, 0.6) is 11.5 Å². The Morgan fingerprint density at radius 2 is 2.08 bits per heavy atom. The molecule has 9 heteroatoms. The van der Waals surface area contributed by atoms with Crippen LogP contribution >= 0.6 is 11.6 Å². The number of carbonyl (C=O) groups excluding carboxylic acids is 1. The van der Waals surface area contributed by atoms with Gasteiger partial charge in [-0.05, 0) is 24.3 Å². The first kappa shape index (κ1) is 17.4. The molecule has 3 rings (SSSR count). The number of amides is 1. The number of carbonyl (C=O) groups is 1. The highest BCUT2D eigenvalue weighted by Crippen LogP contribution is 2.27. The number of rotatable bonds is 4. The average molecular weight is 375 g/mol. The van der Waals surface area contributed by atoms with E-state index in [-0.39, 0.29) is 27.8 Å². The molecule has 1 aromatic carbocycles. The minimum Gasteiger partial charge on any atom is -0.454 e. The molecule has 0 spiro atoms. The summed E-state index contributed by atoms with van der Waals surface area (Å²) in [6, 6.07) is 8.02. The number of H-pyrrole nitrogens is 1. The zero-order valence-corrected chi connectivity index (χ0v) is 13.9. The van der Waals surface area contributed by atoms with Crippen molar-refractivity contribution in [3.05, 3.63) is 75.5 Å². The molecule has 26 heavy (non-hydrogen) atoms. The Morgan fingerprint density at radius 3 is 2.81 bits per heavy atom. The lowest BCUT2D eigenvalue weighted by molar-refractivity contribution is 0.102. The summed E-state index contributed by atoms with van der Waals surface area (Å²) in [5.74, 6) is -0.937. The van der Waals surface area contributed by atoms with Gasteiger partial charge >= 0.3 is 0 Å². The molecule has 0 atom stereocenters. The minimum atomic E-state index is -0.719. The van der Waals surface area contributed by atoms with Gasteiger partial charge in [0.2, 0.25) is 0 Å². The molecule has 1 amide bonds. The van der Waals surface area contributed by atoms with Crippen molar-refractivity contribution >= 4 is 29.0 Å². The van der Waals surface area contributed by atoms with Crippen molar-refractivity contribution in [2.45, 2.75) is 0 Å². The summed E-state index contributed by atoms with van der Waals surface area (Å²) in [5, 5.41) is 2.62. The van der Waals surface area contributed by atoms with Gasteiger partial charge in [-0.1, -0.05) is 11.6 Å². The first-order valence-corrected chi connectivity index (χ1v) is 7.68. The number of ether oxygens (including phenoxy) is 1. The van der Waals surface area contributed by atoms with Crippen molar-refractivity contribution in [3.63, 3.8) is 0 Å². The number of hydrogen-bond acceptors (Lipinski definition) is 5. The first-order valence-electron chi connectivity index (χ1n) is 7.31. The summed E-state index contributed by atoms with van der Waals surface area (Å²) in [5.41, 5.74) is 4.89. The second-order valence-electron chi connectivity index (χ2n) is 5.18. The van der Waals surface area contributed by atoms with Crippen LogP contribution in [0, 0.1) is 5.82 Å². The summed E-state index contributed by atoms with van der Waals surface area (Å²) in [6.45, 7) is 0. The number of aromatic nitrogens is 2. The lowest BCUT2D eigenvalue weighted by atomic mass is 10.2. The Hall–Kier alpha value is -3.39. The zero-order valence-electron chi connectivity index (χ0n) is 13.1. The molecule has 0 aliphatic rings. The van der Waals surface area contributed by atoms with E-state index in [9.17, 15) is 14.0 Å². The van der Waals surface area contributed by atoms with Gasteiger partial charge in [0.1, 0.15) is 17.1 Å². The molecular formula is C17H12ClFN4O3. The number of benzene rings is 1. The predicted octanol–water partition coefficient (Wildman–Crippen LogP) is 3.19. The van der Waals surface area contributed by atoms with Gasteiger partial charge in [-0.15, -0.1) is 0 Å². The summed E-state index contributed by atoms with van der Waals surface area (Å²) >= 11 is 5.76. The van der Waals surface area contributed by atoms with Crippen molar-refractivity contribution in [1.29, 1.82) is 0 Å². The maximum Gasteiger partial charge on any atom is 0.261 e. The lowest BCUT2D eigenvalue weighted by Gasteiger charge is -2.09. The van der Waals surface area contributed by atoms with E-state index >= 15 is 0 Å². The molecule has 0 aliphatic heterocycles. The van der Waals surface area contributed by atoms with Gasteiger partial charge in [0.05, 0.1) is 5.02 Å². The quantitative estimate of drug-likeness (QED) is 0.649. The van der Waals surface area contributed by atoms with Crippen LogP contribution in [0.4, 0.5) is 15.9 Å². The van der Waals surface area contributed by atoms with Crippen LogP contribution in [0.1, 0.15) is 10.4 Å². The van der Waals surface area contributed by atoms with Gasteiger partial charge in [-0.3, -0.25) is 9.59 Å². The molecule has 132 valence electrons. The van der Waals surface area contributed by atoms with E-state index in [1.165, 1.54) is 42.7 Å². The standard InChI is InChI=1S/C17H12ClFN4O3/c18-9-5-12(16(24)22-8-9)17(25)23-10-1-2-14(13(19)6-10)26-11-3-4-21-15(20)7-11/h1-8H,(H2,20,21)(H,22,24)(H,23,25). The molecule has 0 radical (unpaired) electrons. The highest BCUT2D eigenvalue weighted by molar-refractivity contribution is 6.30. The van der Waals surface area contributed by atoms with Crippen molar-refractivity contribution in [2.75, 3.05) is 11.1 Å². The summed E-state index contributed by atoms with van der Waals surface area (Å²) in [7, 11) is 0. The van der Waals surface area contributed by atoms with Crippen LogP contribution < -0.4 is 21.3 Å². The second-order valence-corrected chi connectivity index (χ2v) is 5.61. The molecule has 0 saturated heterocycles. The highest BCUT2D eigenvalue weighted by Gasteiger charge is 2.13. The van der Waals surface area contributed by atoms with E-state index in [4.69, 9.17) is 22.1 Å². The van der Waals surface area contributed by atoms with Crippen LogP contribution in [0.2, 0.25) is 5.02 Å². The topological polar surface area (TPSA) is 110 Å². The third kappa shape index (κ3) is 3.98. The smallest absolute Gasteiger partial charge is 0.261 e. The number of nitrogens with zero attached hydrogens (tertiary/aromatic N) is 1. The van der Waals surface area contributed by atoms with Gasteiger partial charge < -0.3 is 20.8 Å². The van der Waals surface area contributed by atoms with E-state index in [1.807, 2.05) is 0 Å². The zero-order chi connectivity index (χ0) is 18.7. The minimum absolute atomic E-state index is 0.0609. The predicted molar refractivity (Wildman–Crippen MR) is 95.1 cm³/mol. The molecule has 4 N–H and O–H groups in total. The molecule has 0 saturated carbocycles. The Bertz CT molecular complexity index is 1040. The van der Waals surface area contributed by atoms with E-state index in [0.29, 0.717) is 5.75 Å². The average Bonchev–Trinajstić information content (AvgIpc) is 2.59. The maximum absolute atomic E-state index is 14.2. The third-order valence-electron chi connectivity index (χ3n) is 3.28. The molecule has 0 fully saturated rings. The largest absolute Gasteiger partial charge is 0.454 e. The van der Waals surface area contributed by atoms with Crippen LogP contribution in [-0.2, 0) is 0 Å². The normalized spacial score (nSPS) is 10.4. The van der Waals surface area contributed by atoms with Gasteiger partial charge in [0.15, 0.2) is 11.6 Å². The fourth-order valence-corrected chi connectivity index (χ4v) is 2.27. The van der Waals surface area contributed by atoms with E-state index in [2.05, 4.69) is 15.3 Å². The fraction of sp³-hybridized carbons (Fsp3) is 0. The Morgan fingerprint density at radius 1 is 1.27 bits per heavy atom. The number of nitrogen functional groups attached to an aromatic ring is 1. The Kier molecular flexibility index (Phi) is 4.85. The monoisotopic (exact) mass is 374 g/mol. The molecule has 0 bridgehead atoms. The van der Waals surface area contributed by atoms with Gasteiger partial charge in [0, 0.05) is 30.2 Å². The van der Waals surface area contributed by atoms with Crippen LogP contribution in [0.25, 0.3) is 0 Å². The molecule has 2 heterocycles. The number of nitrogens with one attached hydrogen (secondary N) is 2. The SMILES string of the molecule is Nc1cc(Oc2ccc(NC(=O)c3cc(Cl)c[nH]c3=O)cc2F)ccn1. The van der Waals surface area contributed by atoms with Crippen molar-refractivity contribution < 1.29 is 13.9 Å². The Balaban J connectivity index is 1.78. The fourth-order valence-electron chi connectivity index (χ4n) is 2.10.